The molecule has 30 heavy (non-hydrogen) atoms. The monoisotopic (exact) mass is 410 g/mol. The third-order valence-corrected chi connectivity index (χ3v) is 4.87. The second kappa shape index (κ2) is 9.41. The van der Waals surface area contributed by atoms with E-state index in [9.17, 15) is 9.59 Å². The number of likely N-dealkylation sites (N-methyl/N-ethyl adjacent to an activating group) is 1. The highest BCUT2D eigenvalue weighted by molar-refractivity contribution is 5.92. The largest absolute Gasteiger partial charge is 0.493 e. The van der Waals surface area contributed by atoms with Crippen molar-refractivity contribution in [3.63, 3.8) is 0 Å². The zero-order valence-electron chi connectivity index (χ0n) is 17.6. The molecule has 0 saturated carbocycles. The molecule has 158 valence electrons. The molecule has 0 spiro atoms. The van der Waals surface area contributed by atoms with Gasteiger partial charge in [0.05, 0.1) is 38.2 Å². The molecule has 8 heteroatoms. The number of hydrogen-bond donors (Lipinski definition) is 2. The van der Waals surface area contributed by atoms with E-state index in [0.29, 0.717) is 41.3 Å². The average Bonchev–Trinajstić information content (AvgIpc) is 2.74. The van der Waals surface area contributed by atoms with Crippen molar-refractivity contribution in [2.24, 2.45) is 0 Å². The Morgan fingerprint density at radius 2 is 1.87 bits per heavy atom. The smallest absolute Gasteiger partial charge is 0.258 e. The molecule has 2 N–H and O–H groups in total. The summed E-state index contributed by atoms with van der Waals surface area (Å²) in [4.78, 5) is 34.3. The minimum Gasteiger partial charge on any atom is -0.493 e. The van der Waals surface area contributed by atoms with Crippen molar-refractivity contribution in [3.8, 4) is 11.5 Å². The van der Waals surface area contributed by atoms with Gasteiger partial charge in [0.1, 0.15) is 5.82 Å². The fourth-order valence-corrected chi connectivity index (χ4v) is 3.19. The second-order valence-electron chi connectivity index (χ2n) is 6.90. The van der Waals surface area contributed by atoms with E-state index in [4.69, 9.17) is 9.47 Å². The number of rotatable bonds is 8. The number of aromatic amines is 1. The van der Waals surface area contributed by atoms with Crippen LogP contribution in [0.1, 0.15) is 18.3 Å². The third kappa shape index (κ3) is 4.77. The highest BCUT2D eigenvalue weighted by Gasteiger charge is 2.15. The topological polar surface area (TPSA) is 96.6 Å². The van der Waals surface area contributed by atoms with Crippen LogP contribution in [0.2, 0.25) is 0 Å². The molecule has 3 rings (SSSR count). The number of anilines is 1. The standard InChI is InChI=1S/C22H26N4O4/c1-5-26(13-21(27)24-16-9-7-6-8-14(16)2)12-20-23-17-11-19(30-4)18(29-3)10-15(17)22(28)25-20/h6-11H,5,12-13H2,1-4H3,(H,24,27)(H,23,25,28). The van der Waals surface area contributed by atoms with Gasteiger partial charge < -0.3 is 19.8 Å². The van der Waals surface area contributed by atoms with Gasteiger partial charge >= 0.3 is 0 Å². The molecule has 8 nitrogen and oxygen atoms in total. The van der Waals surface area contributed by atoms with Gasteiger partial charge in [0.25, 0.3) is 5.56 Å². The average molecular weight is 410 g/mol. The summed E-state index contributed by atoms with van der Waals surface area (Å²) in [7, 11) is 3.05. The minimum atomic E-state index is -0.267. The first-order valence-corrected chi connectivity index (χ1v) is 9.68. The quantitative estimate of drug-likeness (QED) is 0.593. The first-order chi connectivity index (χ1) is 14.4. The zero-order chi connectivity index (χ0) is 21.7. The van der Waals surface area contributed by atoms with Crippen molar-refractivity contribution < 1.29 is 14.3 Å². The van der Waals surface area contributed by atoms with Gasteiger partial charge in [-0.2, -0.15) is 0 Å². The molecule has 0 unspecified atom stereocenters. The number of ether oxygens (including phenoxy) is 2. The Labute approximate surface area is 174 Å². The van der Waals surface area contributed by atoms with Crippen LogP contribution in [0, 0.1) is 6.92 Å². The lowest BCUT2D eigenvalue weighted by Gasteiger charge is -2.20. The summed E-state index contributed by atoms with van der Waals surface area (Å²) in [6.07, 6.45) is 0. The van der Waals surface area contributed by atoms with Gasteiger partial charge in [0, 0.05) is 11.8 Å². The van der Waals surface area contributed by atoms with E-state index in [0.717, 1.165) is 11.3 Å². The van der Waals surface area contributed by atoms with Gasteiger partial charge in [-0.25, -0.2) is 4.98 Å². The van der Waals surface area contributed by atoms with Crippen LogP contribution in [0.3, 0.4) is 0 Å². The molecular formula is C22H26N4O4. The Kier molecular flexibility index (Phi) is 6.68. The van der Waals surface area contributed by atoms with Crippen molar-refractivity contribution in [1.82, 2.24) is 14.9 Å². The van der Waals surface area contributed by atoms with E-state index >= 15 is 0 Å². The number of aryl methyl sites for hydroxylation is 1. The van der Waals surface area contributed by atoms with Crippen molar-refractivity contribution >= 4 is 22.5 Å². The molecule has 1 heterocycles. The van der Waals surface area contributed by atoms with E-state index in [1.54, 1.807) is 12.1 Å². The first-order valence-electron chi connectivity index (χ1n) is 9.68. The summed E-state index contributed by atoms with van der Waals surface area (Å²) in [6.45, 7) is 5.03. The summed E-state index contributed by atoms with van der Waals surface area (Å²) < 4.78 is 10.6. The number of amides is 1. The van der Waals surface area contributed by atoms with Crippen LogP contribution in [0.5, 0.6) is 11.5 Å². The SMILES string of the molecule is CCN(CC(=O)Nc1ccccc1C)Cc1nc2cc(OC)c(OC)cc2c(=O)[nH]1. The van der Waals surface area contributed by atoms with E-state index in [-0.39, 0.29) is 18.0 Å². The molecule has 0 aliphatic rings. The van der Waals surface area contributed by atoms with Crippen molar-refractivity contribution in [2.45, 2.75) is 20.4 Å². The number of hydrogen-bond acceptors (Lipinski definition) is 6. The Morgan fingerprint density at radius 3 is 2.53 bits per heavy atom. The predicted octanol–water partition coefficient (Wildman–Crippen LogP) is 2.71. The van der Waals surface area contributed by atoms with E-state index in [1.165, 1.54) is 14.2 Å². The van der Waals surface area contributed by atoms with E-state index in [2.05, 4.69) is 15.3 Å². The van der Waals surface area contributed by atoms with Crippen molar-refractivity contribution in [3.05, 3.63) is 58.1 Å². The molecule has 0 aliphatic heterocycles. The molecule has 0 radical (unpaired) electrons. The molecule has 0 saturated heterocycles. The van der Waals surface area contributed by atoms with Crippen molar-refractivity contribution in [2.75, 3.05) is 32.6 Å². The maximum Gasteiger partial charge on any atom is 0.258 e. The maximum absolute atomic E-state index is 12.5. The molecule has 0 atom stereocenters. The number of carbonyl (C=O) groups is 1. The number of nitrogens with one attached hydrogen (secondary N) is 2. The first kappa shape index (κ1) is 21.3. The Bertz CT molecular complexity index is 1110. The normalized spacial score (nSPS) is 11.0. The van der Waals surface area contributed by atoms with Gasteiger partial charge in [-0.1, -0.05) is 25.1 Å². The molecular weight excluding hydrogens is 384 g/mol. The Morgan fingerprint density at radius 1 is 1.17 bits per heavy atom. The summed E-state index contributed by atoms with van der Waals surface area (Å²) >= 11 is 0. The van der Waals surface area contributed by atoms with Gasteiger partial charge in [-0.3, -0.25) is 14.5 Å². The highest BCUT2D eigenvalue weighted by Crippen LogP contribution is 2.29. The lowest BCUT2D eigenvalue weighted by Crippen LogP contribution is -2.34. The van der Waals surface area contributed by atoms with Gasteiger partial charge in [-0.05, 0) is 31.2 Å². The lowest BCUT2D eigenvalue weighted by molar-refractivity contribution is -0.117. The fraction of sp³-hybridized carbons (Fsp3) is 0.318. The summed E-state index contributed by atoms with van der Waals surface area (Å²) in [5.74, 6) is 1.32. The predicted molar refractivity (Wildman–Crippen MR) is 116 cm³/mol. The number of carbonyl (C=O) groups excluding carboxylic acids is 1. The molecule has 2 aromatic carbocycles. The fourth-order valence-electron chi connectivity index (χ4n) is 3.19. The summed E-state index contributed by atoms with van der Waals surface area (Å²) in [6, 6.07) is 10.9. The van der Waals surface area contributed by atoms with Crippen LogP contribution in [-0.4, -0.2) is 48.1 Å². The molecule has 0 bridgehead atoms. The number of fused-ring (bicyclic) bond motifs is 1. The van der Waals surface area contributed by atoms with Gasteiger partial charge in [-0.15, -0.1) is 0 Å². The summed E-state index contributed by atoms with van der Waals surface area (Å²) in [5, 5.41) is 3.34. The van der Waals surface area contributed by atoms with Gasteiger partial charge in [0.2, 0.25) is 5.91 Å². The van der Waals surface area contributed by atoms with Crippen LogP contribution in [0.4, 0.5) is 5.69 Å². The molecule has 0 aliphatic carbocycles. The van der Waals surface area contributed by atoms with E-state index in [1.807, 2.05) is 43.0 Å². The number of aromatic nitrogens is 2. The molecule has 0 fully saturated rings. The molecule has 1 amide bonds. The minimum absolute atomic E-state index is 0.124. The van der Waals surface area contributed by atoms with Crippen LogP contribution < -0.4 is 20.3 Å². The Hall–Kier alpha value is -3.39. The highest BCUT2D eigenvalue weighted by atomic mass is 16.5. The number of benzene rings is 2. The number of methoxy groups -OCH3 is 2. The number of para-hydroxylation sites is 1. The van der Waals surface area contributed by atoms with Crippen molar-refractivity contribution in [1.29, 1.82) is 0 Å². The number of H-pyrrole nitrogens is 1. The third-order valence-electron chi connectivity index (χ3n) is 4.87. The Balaban J connectivity index is 1.78. The molecule has 1 aromatic heterocycles. The van der Waals surface area contributed by atoms with E-state index < -0.39 is 0 Å². The van der Waals surface area contributed by atoms with Crippen LogP contribution in [0.15, 0.2) is 41.2 Å². The lowest BCUT2D eigenvalue weighted by atomic mass is 10.2. The van der Waals surface area contributed by atoms with Gasteiger partial charge in [0.15, 0.2) is 11.5 Å². The maximum atomic E-state index is 12.5. The van der Waals surface area contributed by atoms with Crippen LogP contribution in [0.25, 0.3) is 10.9 Å². The second-order valence-corrected chi connectivity index (χ2v) is 6.90. The van der Waals surface area contributed by atoms with Crippen LogP contribution in [-0.2, 0) is 11.3 Å². The summed E-state index contributed by atoms with van der Waals surface area (Å²) in [5.41, 5.74) is 2.03. The van der Waals surface area contributed by atoms with Crippen LogP contribution >= 0.6 is 0 Å². The zero-order valence-corrected chi connectivity index (χ0v) is 17.6. The molecule has 3 aromatic rings. The number of nitrogens with zero attached hydrogens (tertiary/aromatic N) is 2.